The van der Waals surface area contributed by atoms with E-state index in [4.69, 9.17) is 9.84 Å². The van der Waals surface area contributed by atoms with Crippen LogP contribution in [0.3, 0.4) is 0 Å². The highest BCUT2D eigenvalue weighted by Gasteiger charge is 2.23. The molecule has 0 radical (unpaired) electrons. The van der Waals surface area contributed by atoms with Gasteiger partial charge in [-0.1, -0.05) is 19.9 Å². The molecule has 0 atom stereocenters. The van der Waals surface area contributed by atoms with E-state index in [2.05, 4.69) is 25.4 Å². The topological polar surface area (TPSA) is 58.6 Å². The van der Waals surface area contributed by atoms with E-state index in [0.717, 1.165) is 25.9 Å². The van der Waals surface area contributed by atoms with Gasteiger partial charge < -0.3 is 15.2 Å². The van der Waals surface area contributed by atoms with Crippen molar-refractivity contribution in [3.8, 4) is 5.75 Å². The number of ether oxygens (including phenoxy) is 1. The van der Waals surface area contributed by atoms with Crippen molar-refractivity contribution in [1.29, 1.82) is 0 Å². The van der Waals surface area contributed by atoms with Gasteiger partial charge in [0.25, 0.3) is 0 Å². The van der Waals surface area contributed by atoms with Gasteiger partial charge in [0, 0.05) is 17.8 Å². The van der Waals surface area contributed by atoms with Gasteiger partial charge in [-0.3, -0.25) is 0 Å². The Balaban J connectivity index is 2.34. The average molecular weight is 311 g/mol. The van der Waals surface area contributed by atoms with Gasteiger partial charge in [-0.15, -0.1) is 0 Å². The number of hydrogen-bond acceptors (Lipinski definition) is 4. The number of rotatable bonds is 10. The van der Waals surface area contributed by atoms with Crippen LogP contribution in [0.1, 0.15) is 37.0 Å². The van der Waals surface area contributed by atoms with Crippen molar-refractivity contribution in [1.82, 2.24) is 5.32 Å². The zero-order chi connectivity index (χ0) is 15.7. The van der Waals surface area contributed by atoms with Gasteiger partial charge in [0.2, 0.25) is 0 Å². The SMILES string of the molecule is CCC(CC)(CNCCOc1cccc(C(=O)O)c1)SC. The Morgan fingerprint density at radius 3 is 2.67 bits per heavy atom. The monoisotopic (exact) mass is 311 g/mol. The maximum atomic E-state index is 10.9. The van der Waals surface area contributed by atoms with Gasteiger partial charge in [0.05, 0.1) is 5.56 Å². The van der Waals surface area contributed by atoms with Gasteiger partial charge in [-0.25, -0.2) is 4.79 Å². The standard InChI is InChI=1S/C16H25NO3S/c1-4-16(5-2,21-3)12-17-9-10-20-14-8-6-7-13(11-14)15(18)19/h6-8,11,17H,4-5,9-10,12H2,1-3H3,(H,18,19). The minimum absolute atomic E-state index is 0.249. The van der Waals surface area contributed by atoms with Crippen LogP contribution in [-0.2, 0) is 0 Å². The maximum Gasteiger partial charge on any atom is 0.335 e. The van der Waals surface area contributed by atoms with E-state index in [9.17, 15) is 4.79 Å². The predicted molar refractivity (Wildman–Crippen MR) is 88.6 cm³/mol. The molecular weight excluding hydrogens is 286 g/mol. The molecule has 0 amide bonds. The molecule has 21 heavy (non-hydrogen) atoms. The molecule has 1 aromatic rings. The van der Waals surface area contributed by atoms with E-state index in [0.29, 0.717) is 17.1 Å². The lowest BCUT2D eigenvalue weighted by Gasteiger charge is -2.30. The summed E-state index contributed by atoms with van der Waals surface area (Å²) in [5.41, 5.74) is 0.249. The zero-order valence-electron chi connectivity index (χ0n) is 13.0. The number of carboxylic acid groups (broad SMARTS) is 1. The van der Waals surface area contributed by atoms with E-state index in [1.165, 1.54) is 0 Å². The van der Waals surface area contributed by atoms with Crippen molar-refractivity contribution in [2.24, 2.45) is 0 Å². The third kappa shape index (κ3) is 5.59. The number of nitrogens with one attached hydrogen (secondary N) is 1. The Morgan fingerprint density at radius 1 is 1.38 bits per heavy atom. The maximum absolute atomic E-state index is 10.9. The smallest absolute Gasteiger partial charge is 0.335 e. The predicted octanol–water partition coefficient (Wildman–Crippen LogP) is 3.28. The largest absolute Gasteiger partial charge is 0.492 e. The van der Waals surface area contributed by atoms with Crippen LogP contribution in [0, 0.1) is 0 Å². The summed E-state index contributed by atoms with van der Waals surface area (Å²) in [7, 11) is 0. The summed E-state index contributed by atoms with van der Waals surface area (Å²) in [5, 5.41) is 12.3. The molecule has 0 aliphatic carbocycles. The second-order valence-corrected chi connectivity index (χ2v) is 6.23. The number of hydrogen-bond donors (Lipinski definition) is 2. The first-order valence-corrected chi connectivity index (χ1v) is 8.51. The molecule has 0 aliphatic rings. The minimum Gasteiger partial charge on any atom is -0.492 e. The molecule has 0 aromatic heterocycles. The molecule has 118 valence electrons. The summed E-state index contributed by atoms with van der Waals surface area (Å²) in [4.78, 5) is 10.9. The highest BCUT2D eigenvalue weighted by molar-refractivity contribution is 8.00. The molecule has 0 saturated heterocycles. The van der Waals surface area contributed by atoms with E-state index in [1.54, 1.807) is 24.3 Å². The number of carboxylic acids is 1. The quantitative estimate of drug-likeness (QED) is 0.649. The molecule has 1 aromatic carbocycles. The molecule has 4 nitrogen and oxygen atoms in total. The van der Waals surface area contributed by atoms with Crippen molar-refractivity contribution in [2.75, 3.05) is 26.0 Å². The summed E-state index contributed by atoms with van der Waals surface area (Å²) in [6.07, 6.45) is 4.43. The zero-order valence-corrected chi connectivity index (χ0v) is 13.8. The minimum atomic E-state index is -0.936. The van der Waals surface area contributed by atoms with E-state index in [1.807, 2.05) is 11.8 Å². The number of benzene rings is 1. The molecule has 0 fully saturated rings. The molecule has 0 bridgehead atoms. The number of thioether (sulfide) groups is 1. The van der Waals surface area contributed by atoms with Gasteiger partial charge >= 0.3 is 5.97 Å². The van der Waals surface area contributed by atoms with Crippen molar-refractivity contribution >= 4 is 17.7 Å². The summed E-state index contributed by atoms with van der Waals surface area (Å²) in [5.74, 6) is -0.340. The Morgan fingerprint density at radius 2 is 2.10 bits per heavy atom. The van der Waals surface area contributed by atoms with Gasteiger partial charge in [0.15, 0.2) is 0 Å². The van der Waals surface area contributed by atoms with Crippen LogP contribution < -0.4 is 10.1 Å². The molecule has 2 N–H and O–H groups in total. The van der Waals surface area contributed by atoms with Crippen molar-refractivity contribution in [3.63, 3.8) is 0 Å². The van der Waals surface area contributed by atoms with Gasteiger partial charge in [-0.05, 0) is 37.3 Å². The van der Waals surface area contributed by atoms with Gasteiger partial charge in [0.1, 0.15) is 12.4 Å². The molecular formula is C16H25NO3S. The molecule has 0 spiro atoms. The highest BCUT2D eigenvalue weighted by atomic mass is 32.2. The normalized spacial score (nSPS) is 11.4. The second kappa shape index (κ2) is 8.95. The van der Waals surface area contributed by atoms with Crippen LogP contribution >= 0.6 is 11.8 Å². The summed E-state index contributed by atoms with van der Waals surface area (Å²) < 4.78 is 5.87. The summed E-state index contributed by atoms with van der Waals surface area (Å²) >= 11 is 1.91. The Labute approximate surface area is 131 Å². The fraction of sp³-hybridized carbons (Fsp3) is 0.562. The van der Waals surface area contributed by atoms with Crippen LogP contribution in [0.5, 0.6) is 5.75 Å². The van der Waals surface area contributed by atoms with E-state index >= 15 is 0 Å². The summed E-state index contributed by atoms with van der Waals surface area (Å²) in [6, 6.07) is 6.57. The number of aromatic carboxylic acids is 1. The molecule has 0 heterocycles. The average Bonchev–Trinajstić information content (AvgIpc) is 2.52. The van der Waals surface area contributed by atoms with Crippen LogP contribution in [0.25, 0.3) is 0 Å². The van der Waals surface area contributed by atoms with Crippen molar-refractivity contribution in [3.05, 3.63) is 29.8 Å². The first kappa shape index (κ1) is 17.9. The van der Waals surface area contributed by atoms with Crippen molar-refractivity contribution < 1.29 is 14.6 Å². The molecule has 0 aliphatic heterocycles. The van der Waals surface area contributed by atoms with Crippen LogP contribution in [0.2, 0.25) is 0 Å². The Bertz CT molecular complexity index is 439. The third-order valence-corrected chi connectivity index (χ3v) is 5.39. The first-order chi connectivity index (χ1) is 10.1. The highest BCUT2D eigenvalue weighted by Crippen LogP contribution is 2.29. The molecule has 1 rings (SSSR count). The lowest BCUT2D eigenvalue weighted by molar-refractivity contribution is 0.0696. The van der Waals surface area contributed by atoms with Gasteiger partial charge in [-0.2, -0.15) is 11.8 Å². The van der Waals surface area contributed by atoms with Crippen LogP contribution in [-0.4, -0.2) is 41.8 Å². The Kier molecular flexibility index (Phi) is 7.61. The first-order valence-electron chi connectivity index (χ1n) is 7.29. The van der Waals surface area contributed by atoms with Crippen LogP contribution in [0.4, 0.5) is 0 Å². The third-order valence-electron chi connectivity index (χ3n) is 3.80. The Hall–Kier alpha value is -1.20. The number of carbonyl (C=O) groups is 1. The fourth-order valence-corrected chi connectivity index (χ4v) is 2.96. The second-order valence-electron chi connectivity index (χ2n) is 4.95. The van der Waals surface area contributed by atoms with E-state index in [-0.39, 0.29) is 5.56 Å². The lowest BCUT2D eigenvalue weighted by Crippen LogP contribution is -2.38. The fourth-order valence-electron chi connectivity index (χ4n) is 2.14. The van der Waals surface area contributed by atoms with E-state index < -0.39 is 5.97 Å². The van der Waals surface area contributed by atoms with Crippen molar-refractivity contribution in [2.45, 2.75) is 31.4 Å². The molecule has 0 saturated carbocycles. The summed E-state index contributed by atoms with van der Waals surface area (Å²) in [6.45, 7) is 6.67. The molecule has 0 unspecified atom stereocenters. The molecule has 5 heteroatoms. The van der Waals surface area contributed by atoms with Crippen LogP contribution in [0.15, 0.2) is 24.3 Å². The lowest BCUT2D eigenvalue weighted by atomic mass is 10.0.